The van der Waals surface area contributed by atoms with Gasteiger partial charge in [0.25, 0.3) is 0 Å². The maximum atomic E-state index is 12.9. The number of carbonyl (C=O) groups excluding carboxylic acids is 1. The molecule has 3 rings (SSSR count). The van der Waals surface area contributed by atoms with Gasteiger partial charge in [0.2, 0.25) is 5.91 Å². The number of nitrogens with zero attached hydrogens (tertiary/aromatic N) is 4. The summed E-state index contributed by atoms with van der Waals surface area (Å²) in [6.07, 6.45) is 2.95. The molecule has 1 N–H and O–H groups in total. The maximum Gasteiger partial charge on any atom is 0.222 e. The van der Waals surface area contributed by atoms with Gasteiger partial charge < -0.3 is 19.3 Å². The van der Waals surface area contributed by atoms with Gasteiger partial charge >= 0.3 is 0 Å². The second-order valence-electron chi connectivity index (χ2n) is 7.00. The number of rotatable bonds is 9. The molecule has 1 amide bonds. The number of ether oxygens (including phenoxy) is 1. The third kappa shape index (κ3) is 6.17. The lowest BCUT2D eigenvalue weighted by Gasteiger charge is -2.20. The summed E-state index contributed by atoms with van der Waals surface area (Å²) in [7, 11) is 0. The minimum Gasteiger partial charge on any atom is -0.491 e. The van der Waals surface area contributed by atoms with Gasteiger partial charge in [0.1, 0.15) is 18.2 Å². The van der Waals surface area contributed by atoms with E-state index in [-0.39, 0.29) is 18.3 Å². The Morgan fingerprint density at radius 3 is 2.79 bits per heavy atom. The van der Waals surface area contributed by atoms with Crippen LogP contribution in [0.1, 0.15) is 38.4 Å². The number of likely N-dealkylation sites (tertiary alicyclic amines) is 1. The molecule has 1 fully saturated rings. The summed E-state index contributed by atoms with van der Waals surface area (Å²) in [6, 6.07) is 5.69. The molecule has 0 aliphatic carbocycles. The summed E-state index contributed by atoms with van der Waals surface area (Å²) in [5.41, 5.74) is 0. The van der Waals surface area contributed by atoms with Gasteiger partial charge in [-0.1, -0.05) is 18.2 Å². The van der Waals surface area contributed by atoms with Gasteiger partial charge in [-0.2, -0.15) is 0 Å². The molecule has 2 aromatic rings. The quantitative estimate of drug-likeness (QED) is 0.626. The highest BCUT2D eigenvalue weighted by Gasteiger charge is 2.21. The van der Waals surface area contributed by atoms with Crippen molar-refractivity contribution < 1.29 is 19.0 Å². The summed E-state index contributed by atoms with van der Waals surface area (Å²) >= 11 is 1.40. The molecule has 0 bridgehead atoms. The number of hydrogen-bond donors (Lipinski definition) is 1. The Morgan fingerprint density at radius 1 is 1.24 bits per heavy atom. The molecule has 1 aromatic carbocycles. The first-order valence-electron chi connectivity index (χ1n) is 9.96. The second kappa shape index (κ2) is 10.6. The maximum absolute atomic E-state index is 12.9. The van der Waals surface area contributed by atoms with Crippen LogP contribution in [0, 0.1) is 5.82 Å². The highest BCUT2D eigenvalue weighted by atomic mass is 32.2. The van der Waals surface area contributed by atoms with Crippen molar-refractivity contribution in [3.8, 4) is 5.75 Å². The Bertz CT molecular complexity index is 800. The van der Waals surface area contributed by atoms with Crippen LogP contribution in [0.3, 0.4) is 0 Å². The van der Waals surface area contributed by atoms with Crippen LogP contribution in [-0.2, 0) is 17.9 Å². The predicted molar refractivity (Wildman–Crippen MR) is 108 cm³/mol. The largest absolute Gasteiger partial charge is 0.491 e. The SMILES string of the molecule is CCn1c(CN2CCCCCC2=O)nnc1SCC(O)COc1ccc(F)cc1. The van der Waals surface area contributed by atoms with Crippen LogP contribution in [0.5, 0.6) is 5.75 Å². The fourth-order valence-corrected chi connectivity index (χ4v) is 4.11. The first-order valence-corrected chi connectivity index (χ1v) is 10.9. The van der Waals surface area contributed by atoms with E-state index in [0.29, 0.717) is 36.2 Å². The van der Waals surface area contributed by atoms with E-state index in [2.05, 4.69) is 10.2 Å². The smallest absolute Gasteiger partial charge is 0.222 e. The monoisotopic (exact) mass is 422 g/mol. The number of benzene rings is 1. The zero-order valence-corrected chi connectivity index (χ0v) is 17.4. The Morgan fingerprint density at radius 2 is 2.03 bits per heavy atom. The number of aliphatic hydroxyl groups excluding tert-OH is 1. The number of aliphatic hydroxyl groups is 1. The van der Waals surface area contributed by atoms with Crippen LogP contribution in [0.4, 0.5) is 4.39 Å². The molecule has 2 heterocycles. The minimum absolute atomic E-state index is 0.105. The van der Waals surface area contributed by atoms with Crippen LogP contribution in [-0.4, -0.2) is 55.7 Å². The average molecular weight is 423 g/mol. The summed E-state index contributed by atoms with van der Waals surface area (Å²) in [5, 5.41) is 19.4. The third-order valence-corrected chi connectivity index (χ3v) is 5.89. The van der Waals surface area contributed by atoms with E-state index in [1.54, 1.807) is 0 Å². The van der Waals surface area contributed by atoms with Crippen molar-refractivity contribution in [2.45, 2.75) is 57.0 Å². The zero-order chi connectivity index (χ0) is 20.6. The van der Waals surface area contributed by atoms with Crippen molar-refractivity contribution in [1.29, 1.82) is 0 Å². The lowest BCUT2D eigenvalue weighted by atomic mass is 10.2. The molecule has 0 spiro atoms. The van der Waals surface area contributed by atoms with Crippen LogP contribution in [0.15, 0.2) is 29.4 Å². The van der Waals surface area contributed by atoms with E-state index >= 15 is 0 Å². The lowest BCUT2D eigenvalue weighted by molar-refractivity contribution is -0.131. The molecule has 1 saturated heterocycles. The molecule has 0 saturated carbocycles. The standard InChI is InChI=1S/C20H27FN4O3S/c1-2-25-18(12-24-11-5-3-4-6-19(24)27)22-23-20(25)29-14-16(26)13-28-17-9-7-15(21)8-10-17/h7-10,16,26H,2-6,11-14H2,1H3. The molecule has 1 aliphatic rings. The summed E-state index contributed by atoms with van der Waals surface area (Å²) in [6.45, 7) is 4.03. The highest BCUT2D eigenvalue weighted by molar-refractivity contribution is 7.99. The summed E-state index contributed by atoms with van der Waals surface area (Å²) in [5.74, 6) is 1.52. The fourth-order valence-electron chi connectivity index (χ4n) is 3.18. The number of aromatic nitrogens is 3. The predicted octanol–water partition coefficient (Wildman–Crippen LogP) is 2.87. The molecule has 9 heteroatoms. The molecule has 29 heavy (non-hydrogen) atoms. The minimum atomic E-state index is -0.706. The first-order chi connectivity index (χ1) is 14.1. The van der Waals surface area contributed by atoms with Crippen LogP contribution in [0.2, 0.25) is 0 Å². The third-order valence-electron chi connectivity index (χ3n) is 4.77. The Balaban J connectivity index is 1.52. The first kappa shape index (κ1) is 21.6. The van der Waals surface area contributed by atoms with E-state index in [0.717, 1.165) is 31.6 Å². The van der Waals surface area contributed by atoms with Crippen molar-refractivity contribution in [1.82, 2.24) is 19.7 Å². The topological polar surface area (TPSA) is 80.5 Å². The normalized spacial score (nSPS) is 16.0. The molecule has 1 aromatic heterocycles. The van der Waals surface area contributed by atoms with Crippen LogP contribution < -0.4 is 4.74 Å². The van der Waals surface area contributed by atoms with Crippen molar-refractivity contribution in [3.05, 3.63) is 35.9 Å². The van der Waals surface area contributed by atoms with Gasteiger partial charge in [0, 0.05) is 25.3 Å². The molecule has 1 atom stereocenters. The molecule has 1 unspecified atom stereocenters. The Kier molecular flexibility index (Phi) is 7.88. The summed E-state index contributed by atoms with van der Waals surface area (Å²) in [4.78, 5) is 14.1. The van der Waals surface area contributed by atoms with Crippen molar-refractivity contribution in [2.24, 2.45) is 0 Å². The molecular formula is C20H27FN4O3S. The number of thioether (sulfide) groups is 1. The number of hydrogen-bond acceptors (Lipinski definition) is 6. The number of carbonyl (C=O) groups is 1. The summed E-state index contributed by atoms with van der Waals surface area (Å²) < 4.78 is 20.4. The van der Waals surface area contributed by atoms with Gasteiger partial charge in [-0.15, -0.1) is 10.2 Å². The molecule has 1 aliphatic heterocycles. The second-order valence-corrected chi connectivity index (χ2v) is 7.99. The van der Waals surface area contributed by atoms with Gasteiger partial charge in [0.15, 0.2) is 11.0 Å². The molecule has 0 radical (unpaired) electrons. The highest BCUT2D eigenvalue weighted by Crippen LogP contribution is 2.21. The molecule has 7 nitrogen and oxygen atoms in total. The van der Waals surface area contributed by atoms with E-state index < -0.39 is 6.10 Å². The fraction of sp³-hybridized carbons (Fsp3) is 0.550. The molecule has 158 valence electrons. The van der Waals surface area contributed by atoms with Gasteiger partial charge in [0.05, 0.1) is 12.6 Å². The van der Waals surface area contributed by atoms with Gasteiger partial charge in [-0.25, -0.2) is 4.39 Å². The lowest BCUT2D eigenvalue weighted by Crippen LogP contribution is -2.31. The van der Waals surface area contributed by atoms with E-state index in [1.165, 1.54) is 36.0 Å². The average Bonchev–Trinajstić information content (AvgIpc) is 3.00. The van der Waals surface area contributed by atoms with E-state index in [4.69, 9.17) is 4.74 Å². The van der Waals surface area contributed by atoms with Gasteiger partial charge in [-0.3, -0.25) is 4.79 Å². The Hall–Kier alpha value is -2.13. The van der Waals surface area contributed by atoms with Crippen molar-refractivity contribution in [3.63, 3.8) is 0 Å². The number of amides is 1. The Labute approximate surface area is 174 Å². The van der Waals surface area contributed by atoms with Crippen LogP contribution >= 0.6 is 11.8 Å². The van der Waals surface area contributed by atoms with E-state index in [9.17, 15) is 14.3 Å². The number of halogens is 1. The van der Waals surface area contributed by atoms with Crippen molar-refractivity contribution in [2.75, 3.05) is 18.9 Å². The van der Waals surface area contributed by atoms with E-state index in [1.807, 2.05) is 16.4 Å². The van der Waals surface area contributed by atoms with Crippen LogP contribution in [0.25, 0.3) is 0 Å². The van der Waals surface area contributed by atoms with Crippen molar-refractivity contribution >= 4 is 17.7 Å². The zero-order valence-electron chi connectivity index (χ0n) is 16.6. The van der Waals surface area contributed by atoms with Gasteiger partial charge in [-0.05, 0) is 44.0 Å². The molecular weight excluding hydrogens is 395 g/mol.